The number of ether oxygens (including phenoxy) is 1. The second-order valence-electron chi connectivity index (χ2n) is 7.48. The lowest BCUT2D eigenvalue weighted by atomic mass is 9.94. The predicted octanol–water partition coefficient (Wildman–Crippen LogP) is 3.45. The Kier molecular flexibility index (Phi) is 7.73. The molecule has 1 amide bonds. The molecule has 2 aromatic carbocycles. The van der Waals surface area contributed by atoms with Crippen molar-refractivity contribution in [2.24, 2.45) is 5.92 Å². The molecule has 0 aliphatic heterocycles. The maximum atomic E-state index is 12.8. The topological polar surface area (TPSA) is 98.1 Å². The van der Waals surface area contributed by atoms with Crippen LogP contribution in [0, 0.1) is 16.0 Å². The Morgan fingerprint density at radius 3 is 2.34 bits per heavy atom. The van der Waals surface area contributed by atoms with E-state index >= 15 is 0 Å². The number of anilines is 1. The highest BCUT2D eigenvalue weighted by atomic mass is 16.6. The number of hydrogen-bond donors (Lipinski definition) is 2. The fraction of sp³-hybridized carbons (Fsp3) is 0.409. The first-order valence-corrected chi connectivity index (χ1v) is 9.83. The first-order valence-electron chi connectivity index (χ1n) is 9.83. The molecular weight excluding hydrogens is 370 g/mol. The van der Waals surface area contributed by atoms with Gasteiger partial charge in [0, 0.05) is 17.5 Å². The van der Waals surface area contributed by atoms with Crippen LogP contribution in [0.3, 0.4) is 0 Å². The molecule has 2 rings (SSSR count). The number of nitrogens with one attached hydrogen (secondary N) is 1. The number of carbonyl (C=O) groups excluding carboxylic acids is 1. The van der Waals surface area contributed by atoms with Gasteiger partial charge in [-0.3, -0.25) is 14.9 Å². The monoisotopic (exact) mass is 400 g/mol. The highest BCUT2D eigenvalue weighted by Gasteiger charge is 2.26. The molecule has 0 aliphatic rings. The fourth-order valence-corrected chi connectivity index (χ4v) is 3.24. The van der Waals surface area contributed by atoms with Gasteiger partial charge >= 0.3 is 0 Å². The molecule has 0 aliphatic carbocycles. The van der Waals surface area contributed by atoms with E-state index in [-0.39, 0.29) is 29.4 Å². The average molecular weight is 400 g/mol. The lowest BCUT2D eigenvalue weighted by Crippen LogP contribution is -2.93. The maximum absolute atomic E-state index is 12.8. The number of nitrogens with two attached hydrogens (primary N) is 1. The van der Waals surface area contributed by atoms with Crippen molar-refractivity contribution in [1.29, 1.82) is 0 Å². The largest absolute Gasteiger partial charge is 0.494 e. The van der Waals surface area contributed by atoms with Crippen molar-refractivity contribution in [2.75, 3.05) is 12.4 Å². The van der Waals surface area contributed by atoms with Crippen LogP contribution in [-0.2, 0) is 11.2 Å². The van der Waals surface area contributed by atoms with Crippen LogP contribution in [0.4, 0.5) is 11.4 Å². The lowest BCUT2D eigenvalue weighted by Gasteiger charge is -2.23. The van der Waals surface area contributed by atoms with E-state index in [1.54, 1.807) is 0 Å². The van der Waals surface area contributed by atoms with Gasteiger partial charge in [0.15, 0.2) is 6.04 Å². The van der Waals surface area contributed by atoms with Crippen LogP contribution < -0.4 is 15.4 Å². The van der Waals surface area contributed by atoms with Gasteiger partial charge in [0.2, 0.25) is 0 Å². The van der Waals surface area contributed by atoms with Crippen molar-refractivity contribution in [2.45, 2.75) is 46.2 Å². The maximum Gasteiger partial charge on any atom is 0.282 e. The van der Waals surface area contributed by atoms with Crippen molar-refractivity contribution in [3.63, 3.8) is 0 Å². The summed E-state index contributed by atoms with van der Waals surface area (Å²) in [6, 6.07) is 12.4. The highest BCUT2D eigenvalue weighted by molar-refractivity contribution is 5.95. The van der Waals surface area contributed by atoms with Gasteiger partial charge in [0.1, 0.15) is 11.8 Å². The predicted molar refractivity (Wildman–Crippen MR) is 113 cm³/mol. The van der Waals surface area contributed by atoms with E-state index in [4.69, 9.17) is 4.74 Å². The van der Waals surface area contributed by atoms with Gasteiger partial charge in [-0.25, -0.2) is 0 Å². The van der Waals surface area contributed by atoms with E-state index in [2.05, 4.69) is 55.7 Å². The zero-order valence-electron chi connectivity index (χ0n) is 17.6. The molecule has 2 aromatic rings. The van der Waals surface area contributed by atoms with Crippen LogP contribution in [0.15, 0.2) is 42.5 Å². The molecular formula is C22H30N3O4+. The van der Waals surface area contributed by atoms with Crippen LogP contribution >= 0.6 is 0 Å². The summed E-state index contributed by atoms with van der Waals surface area (Å²) in [4.78, 5) is 23.2. The number of nitrogens with zero attached hydrogens (tertiary/aromatic N) is 1. The molecule has 0 fully saturated rings. The molecule has 0 radical (unpaired) electrons. The number of hydrogen-bond acceptors (Lipinski definition) is 4. The Balaban J connectivity index is 2.12. The minimum absolute atomic E-state index is 0.0881. The van der Waals surface area contributed by atoms with Crippen LogP contribution in [0.5, 0.6) is 5.75 Å². The van der Waals surface area contributed by atoms with E-state index < -0.39 is 4.92 Å². The van der Waals surface area contributed by atoms with Crippen LogP contribution in [0.2, 0.25) is 0 Å². The zero-order valence-corrected chi connectivity index (χ0v) is 17.6. The summed E-state index contributed by atoms with van der Waals surface area (Å²) >= 11 is 0. The number of benzene rings is 2. The Labute approximate surface area is 171 Å². The SMILES string of the molecule is CCc1ccc([C@@H]([NH2+][C@@H](C)C(=O)Nc2ccc([N+](=O)[O-])cc2OC)C(C)C)cc1. The van der Waals surface area contributed by atoms with E-state index in [9.17, 15) is 14.9 Å². The van der Waals surface area contributed by atoms with Gasteiger partial charge in [0.25, 0.3) is 11.6 Å². The number of aryl methyl sites for hydroxylation is 1. The van der Waals surface area contributed by atoms with Crippen molar-refractivity contribution in [1.82, 2.24) is 0 Å². The van der Waals surface area contributed by atoms with Crippen LogP contribution in [0.25, 0.3) is 0 Å². The summed E-state index contributed by atoms with van der Waals surface area (Å²) in [7, 11) is 1.42. The highest BCUT2D eigenvalue weighted by Crippen LogP contribution is 2.29. The number of rotatable bonds is 9. The normalized spacial score (nSPS) is 13.0. The van der Waals surface area contributed by atoms with Gasteiger partial charge in [0.05, 0.1) is 23.8 Å². The Hall–Kier alpha value is -2.93. The molecule has 0 aromatic heterocycles. The number of nitro groups is 1. The summed E-state index contributed by atoms with van der Waals surface area (Å²) in [5, 5.41) is 15.8. The summed E-state index contributed by atoms with van der Waals surface area (Å²) in [6.45, 7) is 8.25. The first kappa shape index (κ1) is 22.4. The summed E-state index contributed by atoms with van der Waals surface area (Å²) in [5.74, 6) is 0.412. The number of carbonyl (C=O) groups is 1. The number of nitro benzene ring substituents is 1. The third-order valence-electron chi connectivity index (χ3n) is 5.05. The molecule has 0 bridgehead atoms. The van der Waals surface area contributed by atoms with E-state index in [1.165, 1.54) is 36.4 Å². The van der Waals surface area contributed by atoms with Gasteiger partial charge in [-0.05, 0) is 25.0 Å². The second kappa shape index (κ2) is 10.0. The number of non-ortho nitro benzene ring substituents is 1. The van der Waals surface area contributed by atoms with Crippen LogP contribution in [-0.4, -0.2) is 24.0 Å². The minimum Gasteiger partial charge on any atom is -0.494 e. The number of methoxy groups -OCH3 is 1. The molecule has 0 unspecified atom stereocenters. The molecule has 2 atom stereocenters. The van der Waals surface area contributed by atoms with Gasteiger partial charge in [-0.2, -0.15) is 0 Å². The molecule has 0 saturated carbocycles. The smallest absolute Gasteiger partial charge is 0.282 e. The van der Waals surface area contributed by atoms with Crippen molar-refractivity contribution in [3.05, 3.63) is 63.7 Å². The molecule has 156 valence electrons. The molecule has 7 nitrogen and oxygen atoms in total. The second-order valence-corrected chi connectivity index (χ2v) is 7.48. The standard InChI is InChI=1S/C22H29N3O4/c1-6-16-7-9-17(10-8-16)21(14(2)3)23-15(4)22(26)24-19-12-11-18(25(27)28)13-20(19)29-5/h7-15,21,23H,6H2,1-5H3,(H,24,26)/p+1/t15-,21-/m0/s1. The average Bonchev–Trinajstić information content (AvgIpc) is 2.71. The summed E-state index contributed by atoms with van der Waals surface area (Å²) in [5.41, 5.74) is 2.80. The van der Waals surface area contributed by atoms with Crippen LogP contribution in [0.1, 0.15) is 44.9 Å². The summed E-state index contributed by atoms with van der Waals surface area (Å²) < 4.78 is 5.20. The minimum atomic E-state index is -0.498. The third kappa shape index (κ3) is 5.77. The lowest BCUT2D eigenvalue weighted by molar-refractivity contribution is -0.718. The molecule has 0 heterocycles. The molecule has 29 heavy (non-hydrogen) atoms. The zero-order chi connectivity index (χ0) is 21.6. The quantitative estimate of drug-likeness (QED) is 0.497. The van der Waals surface area contributed by atoms with E-state index in [0.717, 1.165) is 6.42 Å². The van der Waals surface area contributed by atoms with Gasteiger partial charge in [-0.15, -0.1) is 0 Å². The Morgan fingerprint density at radius 2 is 1.83 bits per heavy atom. The van der Waals surface area contributed by atoms with Gasteiger partial charge < -0.3 is 15.4 Å². The van der Waals surface area contributed by atoms with Crippen molar-refractivity contribution >= 4 is 17.3 Å². The first-order chi connectivity index (χ1) is 13.8. The molecule has 7 heteroatoms. The molecule has 3 N–H and O–H groups in total. The van der Waals surface area contributed by atoms with E-state index in [0.29, 0.717) is 11.6 Å². The molecule has 0 saturated heterocycles. The van der Waals surface area contributed by atoms with E-state index in [1.807, 2.05) is 6.92 Å². The third-order valence-corrected chi connectivity index (χ3v) is 5.05. The Bertz CT molecular complexity index is 850. The number of amides is 1. The molecule has 0 spiro atoms. The Morgan fingerprint density at radius 1 is 1.17 bits per heavy atom. The van der Waals surface area contributed by atoms with Crippen molar-refractivity contribution < 1.29 is 19.8 Å². The summed E-state index contributed by atoms with van der Waals surface area (Å²) in [6.07, 6.45) is 0.992. The van der Waals surface area contributed by atoms with Crippen molar-refractivity contribution in [3.8, 4) is 5.75 Å². The number of quaternary nitrogens is 1. The fourth-order valence-electron chi connectivity index (χ4n) is 3.24. The van der Waals surface area contributed by atoms with Gasteiger partial charge in [-0.1, -0.05) is 45.0 Å².